The normalized spacial score (nSPS) is 21.0. The maximum Gasteiger partial charge on any atom is 0.277 e. The number of nitrogens with zero attached hydrogens (tertiary/aromatic N) is 3. The van der Waals surface area contributed by atoms with Crippen LogP contribution in [0.4, 0.5) is 0 Å². The second-order valence-electron chi connectivity index (χ2n) is 6.42. The SMILES string of the molecule is C[C@H]1C[C@H](C)CN(C(=O)CSc2nnc(-c3cccc(Br)c3)o2)C1. The van der Waals surface area contributed by atoms with E-state index in [9.17, 15) is 4.79 Å². The van der Waals surface area contributed by atoms with Gasteiger partial charge in [0, 0.05) is 23.1 Å². The third kappa shape index (κ3) is 4.39. The number of hydrogen-bond acceptors (Lipinski definition) is 5. The Hall–Kier alpha value is -1.34. The van der Waals surface area contributed by atoms with Crippen molar-refractivity contribution in [3.05, 3.63) is 28.7 Å². The molecule has 2 heterocycles. The molecule has 0 unspecified atom stereocenters. The molecule has 1 saturated heterocycles. The van der Waals surface area contributed by atoms with Crippen LogP contribution in [-0.2, 0) is 4.79 Å². The Labute approximate surface area is 154 Å². The minimum atomic E-state index is 0.139. The van der Waals surface area contributed by atoms with Crippen LogP contribution in [0.5, 0.6) is 0 Å². The number of carbonyl (C=O) groups excluding carboxylic acids is 1. The fraction of sp³-hybridized carbons (Fsp3) is 0.471. The zero-order valence-corrected chi connectivity index (χ0v) is 16.1. The molecule has 1 fully saturated rings. The average molecular weight is 410 g/mol. The van der Waals surface area contributed by atoms with Gasteiger partial charge in [0.1, 0.15) is 0 Å². The van der Waals surface area contributed by atoms with Gasteiger partial charge in [0.05, 0.1) is 5.75 Å². The van der Waals surface area contributed by atoms with Crippen LogP contribution in [0.15, 0.2) is 38.4 Å². The molecule has 24 heavy (non-hydrogen) atoms. The van der Waals surface area contributed by atoms with Gasteiger partial charge in [-0.2, -0.15) is 0 Å². The first-order valence-corrected chi connectivity index (χ1v) is 9.79. The molecule has 7 heteroatoms. The standard InChI is InChI=1S/C17H20BrN3O2S/c1-11-6-12(2)9-21(8-11)15(22)10-24-17-20-19-16(23-17)13-4-3-5-14(18)7-13/h3-5,7,11-12H,6,8-10H2,1-2H3/t11-,12-/m0/s1. The van der Waals surface area contributed by atoms with E-state index in [0.29, 0.717) is 28.7 Å². The molecule has 0 bridgehead atoms. The van der Waals surface area contributed by atoms with Crippen molar-refractivity contribution in [3.63, 3.8) is 0 Å². The highest BCUT2D eigenvalue weighted by Gasteiger charge is 2.25. The number of rotatable bonds is 4. The number of aromatic nitrogens is 2. The first-order chi connectivity index (χ1) is 11.5. The van der Waals surface area contributed by atoms with Crippen molar-refractivity contribution >= 4 is 33.6 Å². The van der Waals surface area contributed by atoms with Gasteiger partial charge in [0.15, 0.2) is 0 Å². The van der Waals surface area contributed by atoms with E-state index in [-0.39, 0.29) is 5.91 Å². The third-order valence-electron chi connectivity index (χ3n) is 4.02. The summed E-state index contributed by atoms with van der Waals surface area (Å²) in [4.78, 5) is 14.3. The second-order valence-corrected chi connectivity index (χ2v) is 8.26. The van der Waals surface area contributed by atoms with Crippen LogP contribution in [0.3, 0.4) is 0 Å². The monoisotopic (exact) mass is 409 g/mol. The second kappa shape index (κ2) is 7.70. The molecule has 0 N–H and O–H groups in total. The Bertz CT molecular complexity index is 711. The number of thioether (sulfide) groups is 1. The summed E-state index contributed by atoms with van der Waals surface area (Å²) in [5.74, 6) is 2.06. The summed E-state index contributed by atoms with van der Waals surface area (Å²) >= 11 is 4.73. The molecule has 0 saturated carbocycles. The molecule has 0 radical (unpaired) electrons. The zero-order chi connectivity index (χ0) is 17.1. The summed E-state index contributed by atoms with van der Waals surface area (Å²) in [5, 5.41) is 8.52. The lowest BCUT2D eigenvalue weighted by Gasteiger charge is -2.34. The largest absolute Gasteiger partial charge is 0.411 e. The maximum absolute atomic E-state index is 12.4. The molecule has 1 aliphatic rings. The van der Waals surface area contributed by atoms with Gasteiger partial charge in [-0.15, -0.1) is 10.2 Å². The van der Waals surface area contributed by atoms with E-state index in [1.54, 1.807) is 0 Å². The molecule has 128 valence electrons. The zero-order valence-electron chi connectivity index (χ0n) is 13.7. The summed E-state index contributed by atoms with van der Waals surface area (Å²) in [6, 6.07) is 7.69. The predicted octanol–water partition coefficient (Wildman–Crippen LogP) is 4.10. The highest BCUT2D eigenvalue weighted by atomic mass is 79.9. The van der Waals surface area contributed by atoms with E-state index < -0.39 is 0 Å². The number of benzene rings is 1. The number of hydrogen-bond donors (Lipinski definition) is 0. The fourth-order valence-corrected chi connectivity index (χ4v) is 4.15. The lowest BCUT2D eigenvalue weighted by atomic mass is 9.92. The Balaban J connectivity index is 1.58. The van der Waals surface area contributed by atoms with Gasteiger partial charge in [-0.1, -0.05) is 47.6 Å². The van der Waals surface area contributed by atoms with Gasteiger partial charge in [0.2, 0.25) is 11.8 Å². The lowest BCUT2D eigenvalue weighted by molar-refractivity contribution is -0.130. The van der Waals surface area contributed by atoms with Gasteiger partial charge in [-0.25, -0.2) is 0 Å². The third-order valence-corrected chi connectivity index (χ3v) is 5.32. The van der Waals surface area contributed by atoms with Crippen LogP contribution in [0.2, 0.25) is 0 Å². The quantitative estimate of drug-likeness (QED) is 0.711. The molecule has 0 spiro atoms. The van der Waals surface area contributed by atoms with E-state index in [4.69, 9.17) is 4.42 Å². The number of amides is 1. The maximum atomic E-state index is 12.4. The summed E-state index contributed by atoms with van der Waals surface area (Å²) in [6.07, 6.45) is 1.19. The first kappa shape index (κ1) is 17.5. The highest BCUT2D eigenvalue weighted by Crippen LogP contribution is 2.26. The molecule has 1 amide bonds. The van der Waals surface area contributed by atoms with Crippen molar-refractivity contribution in [1.29, 1.82) is 0 Å². The first-order valence-electron chi connectivity index (χ1n) is 8.01. The van der Waals surface area contributed by atoms with E-state index in [2.05, 4.69) is 40.0 Å². The van der Waals surface area contributed by atoms with E-state index in [1.807, 2.05) is 29.2 Å². The van der Waals surface area contributed by atoms with Crippen molar-refractivity contribution in [2.75, 3.05) is 18.8 Å². The van der Waals surface area contributed by atoms with Crippen LogP contribution >= 0.6 is 27.7 Å². The lowest BCUT2D eigenvalue weighted by Crippen LogP contribution is -2.43. The molecule has 1 aliphatic heterocycles. The number of piperidine rings is 1. The molecule has 1 aromatic carbocycles. The molecular formula is C17H20BrN3O2S. The molecular weight excluding hydrogens is 390 g/mol. The van der Waals surface area contributed by atoms with Gasteiger partial charge >= 0.3 is 0 Å². The summed E-state index contributed by atoms with van der Waals surface area (Å²) in [5.41, 5.74) is 0.855. The highest BCUT2D eigenvalue weighted by molar-refractivity contribution is 9.10. The molecule has 3 rings (SSSR count). The minimum absolute atomic E-state index is 0.139. The Morgan fingerprint density at radius 3 is 2.79 bits per heavy atom. The van der Waals surface area contributed by atoms with Gasteiger partial charge in [-0.3, -0.25) is 4.79 Å². The van der Waals surface area contributed by atoms with Gasteiger partial charge in [0.25, 0.3) is 5.22 Å². The van der Waals surface area contributed by atoms with Crippen LogP contribution in [0.1, 0.15) is 20.3 Å². The van der Waals surface area contributed by atoms with E-state index in [1.165, 1.54) is 18.2 Å². The van der Waals surface area contributed by atoms with Crippen LogP contribution < -0.4 is 0 Å². The van der Waals surface area contributed by atoms with Crippen molar-refractivity contribution in [2.45, 2.75) is 25.5 Å². The molecule has 1 aromatic heterocycles. The number of halogens is 1. The number of carbonyl (C=O) groups is 1. The van der Waals surface area contributed by atoms with Gasteiger partial charge < -0.3 is 9.32 Å². The van der Waals surface area contributed by atoms with Crippen LogP contribution in [0.25, 0.3) is 11.5 Å². The smallest absolute Gasteiger partial charge is 0.277 e. The van der Waals surface area contributed by atoms with Gasteiger partial charge in [-0.05, 0) is 36.5 Å². The van der Waals surface area contributed by atoms with Crippen molar-refractivity contribution < 1.29 is 9.21 Å². The minimum Gasteiger partial charge on any atom is -0.411 e. The summed E-state index contributed by atoms with van der Waals surface area (Å²) < 4.78 is 6.61. The van der Waals surface area contributed by atoms with Crippen LogP contribution in [-0.4, -0.2) is 39.8 Å². The average Bonchev–Trinajstić information content (AvgIpc) is 3.00. The van der Waals surface area contributed by atoms with Crippen molar-refractivity contribution in [1.82, 2.24) is 15.1 Å². The summed E-state index contributed by atoms with van der Waals surface area (Å²) in [7, 11) is 0. The molecule has 5 nitrogen and oxygen atoms in total. The Kier molecular flexibility index (Phi) is 5.61. The predicted molar refractivity (Wildman–Crippen MR) is 97.7 cm³/mol. The summed E-state index contributed by atoms with van der Waals surface area (Å²) in [6.45, 7) is 6.09. The molecule has 2 atom stereocenters. The van der Waals surface area contributed by atoms with Crippen LogP contribution in [0, 0.1) is 11.8 Å². The van der Waals surface area contributed by atoms with Crippen molar-refractivity contribution in [3.8, 4) is 11.5 Å². The van der Waals surface area contributed by atoms with E-state index >= 15 is 0 Å². The van der Waals surface area contributed by atoms with E-state index in [0.717, 1.165) is 23.1 Å². The fourth-order valence-electron chi connectivity index (χ4n) is 3.09. The molecule has 0 aliphatic carbocycles. The van der Waals surface area contributed by atoms with Crippen molar-refractivity contribution in [2.24, 2.45) is 11.8 Å². The molecule has 2 aromatic rings. The Morgan fingerprint density at radius 2 is 2.08 bits per heavy atom. The topological polar surface area (TPSA) is 59.2 Å². The Morgan fingerprint density at radius 1 is 1.33 bits per heavy atom. The number of likely N-dealkylation sites (tertiary alicyclic amines) is 1.